The maximum Gasteiger partial charge on any atom is 0.337 e. The van der Waals surface area contributed by atoms with Gasteiger partial charge in [0.25, 0.3) is 0 Å². The molecule has 8 nitrogen and oxygen atoms in total. The summed E-state index contributed by atoms with van der Waals surface area (Å²) in [5, 5.41) is 11.3. The average molecular weight is 575 g/mol. The van der Waals surface area contributed by atoms with E-state index in [1.165, 1.54) is 0 Å². The number of carboxylic acid groups (broad SMARTS) is 1. The highest BCUT2D eigenvalue weighted by molar-refractivity contribution is 7.92. The molecule has 9 heteroatoms. The van der Waals surface area contributed by atoms with Crippen LogP contribution in [0.5, 0.6) is 5.75 Å². The quantitative estimate of drug-likeness (QED) is 0.290. The van der Waals surface area contributed by atoms with E-state index in [1.807, 2.05) is 67.8 Å². The normalized spacial score (nSPS) is 16.8. The number of anilines is 1. The second-order valence-electron chi connectivity index (χ2n) is 11.7. The molecule has 0 radical (unpaired) electrons. The molecule has 1 unspecified atom stereocenters. The number of rotatable bonds is 5. The number of nitrogens with zero attached hydrogens (tertiary/aromatic N) is 1. The fourth-order valence-corrected chi connectivity index (χ4v) is 7.10. The zero-order valence-corrected chi connectivity index (χ0v) is 24.5. The van der Waals surface area contributed by atoms with Crippen molar-refractivity contribution in [2.24, 2.45) is 0 Å². The molecule has 0 saturated carbocycles. The summed E-state index contributed by atoms with van der Waals surface area (Å²) in [6.07, 6.45) is 0.419. The molecule has 3 heterocycles. The molecule has 0 amide bonds. The van der Waals surface area contributed by atoms with Crippen LogP contribution in [0.15, 0.2) is 54.6 Å². The van der Waals surface area contributed by atoms with E-state index in [2.05, 4.69) is 16.9 Å². The Hall–Kier alpha value is -3.82. The van der Waals surface area contributed by atoms with E-state index in [4.69, 9.17) is 9.47 Å². The number of fused-ring (bicyclic) bond motifs is 1. The number of carboxylic acids is 1. The molecule has 6 rings (SSSR count). The van der Waals surface area contributed by atoms with Crippen molar-refractivity contribution in [3.8, 4) is 28.1 Å². The number of ether oxygens (including phenoxy) is 2. The van der Waals surface area contributed by atoms with Crippen LogP contribution in [0.2, 0.25) is 0 Å². The van der Waals surface area contributed by atoms with Gasteiger partial charge in [-0.2, -0.15) is 0 Å². The predicted octanol–water partition coefficient (Wildman–Crippen LogP) is 6.30. The fourth-order valence-electron chi connectivity index (χ4n) is 6.02. The van der Waals surface area contributed by atoms with Crippen LogP contribution in [0.3, 0.4) is 0 Å². The molecule has 0 aliphatic carbocycles. The van der Waals surface area contributed by atoms with Crippen molar-refractivity contribution >= 4 is 32.6 Å². The minimum atomic E-state index is -3.69. The van der Waals surface area contributed by atoms with Crippen LogP contribution in [0.1, 0.15) is 50.0 Å². The zero-order chi connectivity index (χ0) is 29.1. The fraction of sp³-hybridized carbons (Fsp3) is 0.344. The summed E-state index contributed by atoms with van der Waals surface area (Å²) in [6.45, 7) is 8.15. The Kier molecular flexibility index (Phi) is 6.62. The first-order valence-corrected chi connectivity index (χ1v) is 15.5. The molecular weight excluding hydrogens is 540 g/mol. The number of benzene rings is 3. The third-order valence-corrected chi connectivity index (χ3v) is 8.95. The highest BCUT2D eigenvalue weighted by Crippen LogP contribution is 2.48. The highest BCUT2D eigenvalue weighted by atomic mass is 32.2. The van der Waals surface area contributed by atoms with Crippen LogP contribution < -0.4 is 9.46 Å². The summed E-state index contributed by atoms with van der Waals surface area (Å²) in [5.41, 5.74) is 5.75. The van der Waals surface area contributed by atoms with Gasteiger partial charge in [0, 0.05) is 23.2 Å². The molecule has 0 spiro atoms. The molecule has 4 aromatic rings. The van der Waals surface area contributed by atoms with Crippen molar-refractivity contribution in [2.75, 3.05) is 17.1 Å². The molecule has 0 fully saturated rings. The van der Waals surface area contributed by atoms with E-state index in [9.17, 15) is 18.3 Å². The molecule has 214 valence electrons. The van der Waals surface area contributed by atoms with E-state index >= 15 is 0 Å². The van der Waals surface area contributed by atoms with E-state index < -0.39 is 27.7 Å². The Morgan fingerprint density at radius 2 is 1.85 bits per heavy atom. The number of carbonyl (C=O) groups is 1. The molecule has 1 atom stereocenters. The topological polar surface area (TPSA) is 107 Å². The van der Waals surface area contributed by atoms with Gasteiger partial charge in [-0.3, -0.25) is 4.72 Å². The lowest BCUT2D eigenvalue weighted by atomic mass is 9.86. The lowest BCUT2D eigenvalue weighted by Crippen LogP contribution is -2.28. The molecule has 2 N–H and O–H groups in total. The largest absolute Gasteiger partial charge is 0.493 e. The predicted molar refractivity (Wildman–Crippen MR) is 160 cm³/mol. The summed E-state index contributed by atoms with van der Waals surface area (Å²) < 4.78 is 43.2. The third-order valence-electron chi connectivity index (χ3n) is 7.72. The van der Waals surface area contributed by atoms with Gasteiger partial charge in [-0.1, -0.05) is 36.4 Å². The lowest BCUT2D eigenvalue weighted by Gasteiger charge is -2.29. The van der Waals surface area contributed by atoms with Gasteiger partial charge in [-0.05, 0) is 86.6 Å². The van der Waals surface area contributed by atoms with Crippen molar-refractivity contribution in [1.29, 1.82) is 0 Å². The van der Waals surface area contributed by atoms with Crippen molar-refractivity contribution in [3.05, 3.63) is 71.3 Å². The molecular formula is C32H34N2O6S. The van der Waals surface area contributed by atoms with Gasteiger partial charge in [0.15, 0.2) is 6.10 Å². The summed E-state index contributed by atoms with van der Waals surface area (Å²) in [6, 6.07) is 17.9. The minimum absolute atomic E-state index is 0.105. The Bertz CT molecular complexity index is 1780. The van der Waals surface area contributed by atoms with Gasteiger partial charge in [0.05, 0.1) is 29.2 Å². The summed E-state index contributed by atoms with van der Waals surface area (Å²) in [4.78, 5) is 12.9. The Morgan fingerprint density at radius 3 is 2.56 bits per heavy atom. The van der Waals surface area contributed by atoms with E-state index in [1.54, 1.807) is 6.92 Å². The van der Waals surface area contributed by atoms with E-state index in [0.717, 1.165) is 57.4 Å². The van der Waals surface area contributed by atoms with Gasteiger partial charge < -0.3 is 19.1 Å². The van der Waals surface area contributed by atoms with Crippen LogP contribution in [0, 0.1) is 6.92 Å². The smallest absolute Gasteiger partial charge is 0.337 e. The highest BCUT2D eigenvalue weighted by Gasteiger charge is 2.36. The van der Waals surface area contributed by atoms with Crippen LogP contribution in [-0.2, 0) is 32.5 Å². The van der Waals surface area contributed by atoms with Crippen molar-refractivity contribution in [2.45, 2.75) is 58.8 Å². The maximum absolute atomic E-state index is 13.2. The molecule has 0 bridgehead atoms. The van der Waals surface area contributed by atoms with Crippen molar-refractivity contribution < 1.29 is 27.8 Å². The van der Waals surface area contributed by atoms with Crippen molar-refractivity contribution in [3.63, 3.8) is 0 Å². The number of nitrogens with one attached hydrogen (secondary N) is 1. The summed E-state index contributed by atoms with van der Waals surface area (Å²) >= 11 is 0. The Labute approximate surface area is 240 Å². The second-order valence-corrected chi connectivity index (χ2v) is 13.6. The number of aliphatic carboxylic acids is 1. The maximum atomic E-state index is 13.2. The van der Waals surface area contributed by atoms with Crippen LogP contribution in [0.4, 0.5) is 5.69 Å². The van der Waals surface area contributed by atoms with Crippen LogP contribution in [-0.4, -0.2) is 42.0 Å². The molecule has 3 aromatic carbocycles. The van der Waals surface area contributed by atoms with E-state index in [0.29, 0.717) is 23.4 Å². The monoisotopic (exact) mass is 574 g/mol. The number of hydrogen-bond donors (Lipinski definition) is 2. The first-order valence-electron chi connectivity index (χ1n) is 13.9. The number of aryl methyl sites for hydroxylation is 2. The zero-order valence-electron chi connectivity index (χ0n) is 23.7. The minimum Gasteiger partial charge on any atom is -0.493 e. The second kappa shape index (κ2) is 9.92. The average Bonchev–Trinajstić information content (AvgIpc) is 3.23. The lowest BCUT2D eigenvalue weighted by molar-refractivity contribution is -0.160. The van der Waals surface area contributed by atoms with Crippen LogP contribution in [0.25, 0.3) is 33.3 Å². The SMILES string of the molecule is Cc1c(C(OC(C)(C)C)C(=O)O)c(-c2ccc3c(c2)CCCO3)c2cc(-c3ccccc3)n3c2c1NS(=O)(=O)CC3. The summed E-state index contributed by atoms with van der Waals surface area (Å²) in [7, 11) is -3.69. The Balaban J connectivity index is 1.77. The number of hydrogen-bond acceptors (Lipinski definition) is 5. The first-order chi connectivity index (χ1) is 19.4. The molecule has 0 saturated heterocycles. The number of aromatic nitrogens is 1. The van der Waals surface area contributed by atoms with Gasteiger partial charge >= 0.3 is 5.97 Å². The van der Waals surface area contributed by atoms with Gasteiger partial charge in [0.1, 0.15) is 5.75 Å². The van der Waals surface area contributed by atoms with Gasteiger partial charge in [-0.15, -0.1) is 0 Å². The molecule has 2 aliphatic heterocycles. The standard InChI is InChI=1S/C32H34N2O6S/c1-19-26(30(31(35)36)40-32(2,3)4)27(22-12-13-25-21(17-22)11-8-15-39-25)23-18-24(20-9-6-5-7-10-20)34-14-16-41(37,38)33-28(19)29(23)34/h5-7,9-10,12-13,17-18,30,33H,8,11,14-16H2,1-4H3,(H,35,36). The number of sulfonamides is 1. The van der Waals surface area contributed by atoms with E-state index in [-0.39, 0.29) is 12.3 Å². The molecule has 41 heavy (non-hydrogen) atoms. The van der Waals surface area contributed by atoms with Crippen molar-refractivity contribution in [1.82, 2.24) is 4.57 Å². The summed E-state index contributed by atoms with van der Waals surface area (Å²) in [5.74, 6) is -0.414. The first kappa shape index (κ1) is 27.4. The molecule has 2 aliphatic rings. The molecule has 1 aromatic heterocycles. The third kappa shape index (κ3) is 4.97. The Morgan fingerprint density at radius 1 is 1.10 bits per heavy atom. The van der Waals surface area contributed by atoms with Gasteiger partial charge in [-0.25, -0.2) is 13.2 Å². The van der Waals surface area contributed by atoms with Gasteiger partial charge in [0.2, 0.25) is 10.0 Å². The van der Waals surface area contributed by atoms with Crippen LogP contribution >= 0.6 is 0 Å².